The molecule has 1 unspecified atom stereocenters. The number of nitrogen functional groups attached to an aromatic ring is 1. The van der Waals surface area contributed by atoms with Gasteiger partial charge in [-0.3, -0.25) is 15.3 Å². The third kappa shape index (κ3) is 2.97. The molecule has 1 atom stereocenters. The van der Waals surface area contributed by atoms with Gasteiger partial charge in [0.2, 0.25) is 0 Å². The Hall–Kier alpha value is -2.34. The fourth-order valence-electron chi connectivity index (χ4n) is 1.73. The minimum Gasteiger partial charge on any atom is -0.490 e. The summed E-state index contributed by atoms with van der Waals surface area (Å²) in [5, 5.41) is 6.78. The van der Waals surface area contributed by atoms with Crippen LogP contribution in [-0.4, -0.2) is 22.2 Å². The number of para-hydroxylation sites is 1. The standard InChI is InChI=1S/C14H18N4O2/c1-3-9(2)20-13-7-5-4-6-10(13)11-8-12(18-17-11)14(19)16-15/h4-9H,3,15H2,1-2H3,(H,16,19)(H,17,18). The molecule has 0 bridgehead atoms. The topological polar surface area (TPSA) is 93.0 Å². The molecular formula is C14H18N4O2. The average molecular weight is 274 g/mol. The van der Waals surface area contributed by atoms with E-state index in [-0.39, 0.29) is 6.10 Å². The second-order valence-corrected chi connectivity index (χ2v) is 4.47. The Bertz CT molecular complexity index is 594. The highest BCUT2D eigenvalue weighted by molar-refractivity contribution is 5.93. The molecular weight excluding hydrogens is 256 g/mol. The van der Waals surface area contributed by atoms with Crippen LogP contribution in [0, 0.1) is 0 Å². The molecule has 0 aliphatic carbocycles. The fourth-order valence-corrected chi connectivity index (χ4v) is 1.73. The molecule has 1 aromatic carbocycles. The Labute approximate surface area is 117 Å². The number of amides is 1. The molecule has 1 amide bonds. The largest absolute Gasteiger partial charge is 0.490 e. The first-order valence-corrected chi connectivity index (χ1v) is 6.48. The van der Waals surface area contributed by atoms with E-state index in [1.165, 1.54) is 0 Å². The summed E-state index contributed by atoms with van der Waals surface area (Å²) >= 11 is 0. The van der Waals surface area contributed by atoms with Crippen molar-refractivity contribution in [1.29, 1.82) is 0 Å². The number of hydrogen-bond acceptors (Lipinski definition) is 4. The summed E-state index contributed by atoms with van der Waals surface area (Å²) in [5.41, 5.74) is 3.84. The van der Waals surface area contributed by atoms with Crippen molar-refractivity contribution < 1.29 is 9.53 Å². The van der Waals surface area contributed by atoms with Crippen molar-refractivity contribution in [3.8, 4) is 17.0 Å². The second-order valence-electron chi connectivity index (χ2n) is 4.47. The molecule has 0 aliphatic heterocycles. The van der Waals surface area contributed by atoms with Crippen LogP contribution in [0.4, 0.5) is 0 Å². The number of carbonyl (C=O) groups excluding carboxylic acids is 1. The number of hydrogen-bond donors (Lipinski definition) is 3. The number of H-pyrrole nitrogens is 1. The van der Waals surface area contributed by atoms with Crippen molar-refractivity contribution in [2.45, 2.75) is 26.4 Å². The summed E-state index contributed by atoms with van der Waals surface area (Å²) in [6.45, 7) is 4.07. The van der Waals surface area contributed by atoms with Crippen LogP contribution in [0.25, 0.3) is 11.3 Å². The number of benzene rings is 1. The number of rotatable bonds is 5. The van der Waals surface area contributed by atoms with Crippen LogP contribution in [0.2, 0.25) is 0 Å². The first-order chi connectivity index (χ1) is 9.65. The Kier molecular flexibility index (Phi) is 4.37. The Morgan fingerprint density at radius 3 is 2.95 bits per heavy atom. The SMILES string of the molecule is CCC(C)Oc1ccccc1-c1cc(C(=O)NN)[nH]n1. The van der Waals surface area contributed by atoms with Gasteiger partial charge in [-0.2, -0.15) is 5.10 Å². The zero-order chi connectivity index (χ0) is 14.5. The number of carbonyl (C=O) groups is 1. The van der Waals surface area contributed by atoms with Crippen LogP contribution in [0.1, 0.15) is 30.8 Å². The minimum atomic E-state index is -0.413. The van der Waals surface area contributed by atoms with Gasteiger partial charge in [0.15, 0.2) is 0 Å². The number of ether oxygens (including phenoxy) is 1. The maximum absolute atomic E-state index is 11.4. The predicted octanol–water partition coefficient (Wildman–Crippen LogP) is 1.86. The molecule has 20 heavy (non-hydrogen) atoms. The summed E-state index contributed by atoms with van der Waals surface area (Å²) in [4.78, 5) is 11.4. The van der Waals surface area contributed by atoms with Gasteiger partial charge in [-0.05, 0) is 31.5 Å². The van der Waals surface area contributed by atoms with Gasteiger partial charge >= 0.3 is 0 Å². The molecule has 6 heteroatoms. The highest BCUT2D eigenvalue weighted by Crippen LogP contribution is 2.29. The van der Waals surface area contributed by atoms with Crippen LogP contribution >= 0.6 is 0 Å². The van der Waals surface area contributed by atoms with E-state index in [2.05, 4.69) is 22.5 Å². The number of nitrogens with two attached hydrogens (primary N) is 1. The smallest absolute Gasteiger partial charge is 0.283 e. The van der Waals surface area contributed by atoms with Gasteiger partial charge in [0.05, 0.1) is 11.8 Å². The lowest BCUT2D eigenvalue weighted by molar-refractivity contribution is 0.0948. The molecule has 4 N–H and O–H groups in total. The van der Waals surface area contributed by atoms with E-state index >= 15 is 0 Å². The molecule has 0 aliphatic rings. The van der Waals surface area contributed by atoms with Crippen LogP contribution < -0.4 is 16.0 Å². The maximum Gasteiger partial charge on any atom is 0.283 e. The number of aromatic nitrogens is 2. The highest BCUT2D eigenvalue weighted by Gasteiger charge is 2.14. The maximum atomic E-state index is 11.4. The average Bonchev–Trinajstić information content (AvgIpc) is 2.96. The van der Waals surface area contributed by atoms with E-state index in [0.29, 0.717) is 11.4 Å². The zero-order valence-corrected chi connectivity index (χ0v) is 11.5. The fraction of sp³-hybridized carbons (Fsp3) is 0.286. The molecule has 2 rings (SSSR count). The first kappa shape index (κ1) is 14.1. The molecule has 0 spiro atoms. The molecule has 0 saturated heterocycles. The van der Waals surface area contributed by atoms with Gasteiger partial charge in [0, 0.05) is 5.56 Å². The van der Waals surface area contributed by atoms with E-state index in [0.717, 1.165) is 17.7 Å². The number of aromatic amines is 1. The lowest BCUT2D eigenvalue weighted by Crippen LogP contribution is -2.30. The molecule has 106 valence electrons. The summed E-state index contributed by atoms with van der Waals surface area (Å²) in [6.07, 6.45) is 1.03. The van der Waals surface area contributed by atoms with E-state index in [1.54, 1.807) is 6.07 Å². The molecule has 0 fully saturated rings. The third-order valence-corrected chi connectivity index (χ3v) is 3.02. The van der Waals surface area contributed by atoms with Crippen molar-refractivity contribution in [1.82, 2.24) is 15.6 Å². The van der Waals surface area contributed by atoms with Crippen LogP contribution in [0.15, 0.2) is 30.3 Å². The highest BCUT2D eigenvalue weighted by atomic mass is 16.5. The van der Waals surface area contributed by atoms with Crippen LogP contribution in [0.5, 0.6) is 5.75 Å². The van der Waals surface area contributed by atoms with Gasteiger partial charge < -0.3 is 4.74 Å². The third-order valence-electron chi connectivity index (χ3n) is 3.02. The Morgan fingerprint density at radius 2 is 2.25 bits per heavy atom. The molecule has 0 saturated carbocycles. The lowest BCUT2D eigenvalue weighted by Gasteiger charge is -2.15. The van der Waals surface area contributed by atoms with Crippen molar-refractivity contribution in [3.63, 3.8) is 0 Å². The summed E-state index contributed by atoms with van der Waals surface area (Å²) in [7, 11) is 0. The van der Waals surface area contributed by atoms with Gasteiger partial charge in [-0.15, -0.1) is 0 Å². The normalized spacial score (nSPS) is 11.9. The van der Waals surface area contributed by atoms with Gasteiger partial charge in [0.25, 0.3) is 5.91 Å². The molecule has 2 aromatic rings. The zero-order valence-electron chi connectivity index (χ0n) is 11.5. The van der Waals surface area contributed by atoms with Crippen LogP contribution in [0.3, 0.4) is 0 Å². The van der Waals surface area contributed by atoms with Crippen molar-refractivity contribution in [2.24, 2.45) is 5.84 Å². The summed E-state index contributed by atoms with van der Waals surface area (Å²) in [5.74, 6) is 5.42. The van der Waals surface area contributed by atoms with Crippen LogP contribution in [-0.2, 0) is 0 Å². The molecule has 0 radical (unpaired) electrons. The summed E-state index contributed by atoms with van der Waals surface area (Å²) in [6, 6.07) is 9.23. The minimum absolute atomic E-state index is 0.113. The monoisotopic (exact) mass is 274 g/mol. The number of nitrogens with zero attached hydrogens (tertiary/aromatic N) is 1. The van der Waals surface area contributed by atoms with Gasteiger partial charge in [-0.25, -0.2) is 5.84 Å². The number of nitrogens with one attached hydrogen (secondary N) is 2. The molecule has 6 nitrogen and oxygen atoms in total. The van der Waals surface area contributed by atoms with E-state index in [4.69, 9.17) is 10.6 Å². The van der Waals surface area contributed by atoms with Crippen molar-refractivity contribution in [2.75, 3.05) is 0 Å². The van der Waals surface area contributed by atoms with E-state index < -0.39 is 5.91 Å². The lowest BCUT2D eigenvalue weighted by atomic mass is 10.1. The summed E-state index contributed by atoms with van der Waals surface area (Å²) < 4.78 is 5.87. The predicted molar refractivity (Wildman–Crippen MR) is 76.1 cm³/mol. The Morgan fingerprint density at radius 1 is 1.50 bits per heavy atom. The Balaban J connectivity index is 2.32. The quantitative estimate of drug-likeness (QED) is 0.441. The first-order valence-electron chi connectivity index (χ1n) is 6.48. The van der Waals surface area contributed by atoms with E-state index in [1.807, 2.05) is 31.2 Å². The van der Waals surface area contributed by atoms with Crippen molar-refractivity contribution in [3.05, 3.63) is 36.0 Å². The van der Waals surface area contributed by atoms with Crippen molar-refractivity contribution >= 4 is 5.91 Å². The van der Waals surface area contributed by atoms with E-state index in [9.17, 15) is 4.79 Å². The molecule has 1 heterocycles. The van der Waals surface area contributed by atoms with Gasteiger partial charge in [0.1, 0.15) is 11.4 Å². The molecule has 1 aromatic heterocycles. The second kappa shape index (κ2) is 6.21. The number of hydrazine groups is 1. The van der Waals surface area contributed by atoms with Gasteiger partial charge in [-0.1, -0.05) is 19.1 Å².